The fourth-order valence-corrected chi connectivity index (χ4v) is 1.73. The molecule has 1 unspecified atom stereocenters. The Morgan fingerprint density at radius 3 is 2.53 bits per heavy atom. The summed E-state index contributed by atoms with van der Waals surface area (Å²) in [6.45, 7) is 4.63. The maximum atomic E-state index is 9.44. The van der Waals surface area contributed by atoms with Gasteiger partial charge in [0.05, 0.1) is 12.1 Å². The Morgan fingerprint density at radius 2 is 2.00 bits per heavy atom. The lowest BCUT2D eigenvalue weighted by Crippen LogP contribution is -2.51. The van der Waals surface area contributed by atoms with Crippen LogP contribution in [-0.4, -0.2) is 29.9 Å². The lowest BCUT2D eigenvalue weighted by Gasteiger charge is -2.28. The van der Waals surface area contributed by atoms with Crippen LogP contribution < -0.4 is 10.1 Å². The molecule has 1 atom stereocenters. The van der Waals surface area contributed by atoms with Gasteiger partial charge < -0.3 is 15.2 Å². The highest BCUT2D eigenvalue weighted by Crippen LogP contribution is 2.23. The van der Waals surface area contributed by atoms with Crippen LogP contribution in [0.3, 0.4) is 0 Å². The zero-order valence-electron chi connectivity index (χ0n) is 10.6. The highest BCUT2D eigenvalue weighted by Gasteiger charge is 2.32. The van der Waals surface area contributed by atoms with Crippen LogP contribution in [0.15, 0.2) is 24.3 Å². The van der Waals surface area contributed by atoms with Crippen molar-refractivity contribution in [3.8, 4) is 5.75 Å². The quantitative estimate of drug-likeness (QED) is 0.791. The molecule has 94 valence electrons. The van der Waals surface area contributed by atoms with Gasteiger partial charge in [0, 0.05) is 6.04 Å². The van der Waals surface area contributed by atoms with Gasteiger partial charge in [0.25, 0.3) is 0 Å². The molecule has 1 aliphatic rings. The first-order valence-electron chi connectivity index (χ1n) is 6.19. The Labute approximate surface area is 103 Å². The van der Waals surface area contributed by atoms with Crippen LogP contribution in [0.25, 0.3) is 0 Å². The first kappa shape index (κ1) is 12.4. The van der Waals surface area contributed by atoms with Crippen molar-refractivity contribution in [2.75, 3.05) is 13.2 Å². The largest absolute Gasteiger partial charge is 0.492 e. The molecule has 0 amide bonds. The summed E-state index contributed by atoms with van der Waals surface area (Å²) in [4.78, 5) is 0. The average Bonchev–Trinajstić information content (AvgIpc) is 3.12. The molecule has 0 aliphatic heterocycles. The van der Waals surface area contributed by atoms with E-state index in [1.807, 2.05) is 31.2 Å². The van der Waals surface area contributed by atoms with Crippen LogP contribution in [0.2, 0.25) is 0 Å². The van der Waals surface area contributed by atoms with E-state index in [-0.39, 0.29) is 12.1 Å². The number of nitrogens with one attached hydrogen (secondary N) is 1. The van der Waals surface area contributed by atoms with E-state index < -0.39 is 0 Å². The van der Waals surface area contributed by atoms with Gasteiger partial charge in [-0.15, -0.1) is 0 Å². The second kappa shape index (κ2) is 5.07. The van der Waals surface area contributed by atoms with E-state index in [4.69, 9.17) is 4.74 Å². The van der Waals surface area contributed by atoms with Crippen LogP contribution in [0.5, 0.6) is 5.75 Å². The number of benzene rings is 1. The van der Waals surface area contributed by atoms with Crippen molar-refractivity contribution in [2.45, 2.75) is 38.3 Å². The number of aliphatic hydroxyl groups excluding tert-OH is 1. The van der Waals surface area contributed by atoms with E-state index >= 15 is 0 Å². The Bertz CT molecular complexity index is 359. The van der Waals surface area contributed by atoms with Crippen molar-refractivity contribution in [1.82, 2.24) is 5.32 Å². The van der Waals surface area contributed by atoms with Crippen molar-refractivity contribution in [2.24, 2.45) is 0 Å². The van der Waals surface area contributed by atoms with Crippen LogP contribution in [0.4, 0.5) is 0 Å². The summed E-state index contributed by atoms with van der Waals surface area (Å²) in [5, 5.41) is 12.9. The minimum Gasteiger partial charge on any atom is -0.492 e. The van der Waals surface area contributed by atoms with Gasteiger partial charge in [-0.1, -0.05) is 17.7 Å². The summed E-state index contributed by atoms with van der Waals surface area (Å²) in [5.74, 6) is 0.855. The van der Waals surface area contributed by atoms with Gasteiger partial charge in [0.15, 0.2) is 0 Å². The molecular weight excluding hydrogens is 214 g/mol. The maximum absolute atomic E-state index is 9.44. The molecule has 1 aromatic carbocycles. The Morgan fingerprint density at radius 1 is 1.35 bits per heavy atom. The zero-order valence-corrected chi connectivity index (χ0v) is 10.6. The summed E-state index contributed by atoms with van der Waals surface area (Å²) >= 11 is 0. The lowest BCUT2D eigenvalue weighted by atomic mass is 10.1. The molecule has 3 heteroatoms. The van der Waals surface area contributed by atoms with E-state index in [2.05, 4.69) is 12.2 Å². The van der Waals surface area contributed by atoms with Crippen molar-refractivity contribution in [3.63, 3.8) is 0 Å². The zero-order chi connectivity index (χ0) is 12.3. The summed E-state index contributed by atoms with van der Waals surface area (Å²) in [6, 6.07) is 8.54. The number of aliphatic hydroxyl groups is 1. The van der Waals surface area contributed by atoms with Gasteiger partial charge in [0.1, 0.15) is 12.4 Å². The lowest BCUT2D eigenvalue weighted by molar-refractivity contribution is 0.114. The predicted octanol–water partition coefficient (Wildman–Crippen LogP) is 1.88. The summed E-state index contributed by atoms with van der Waals surface area (Å²) in [7, 11) is 0. The van der Waals surface area contributed by atoms with Gasteiger partial charge in [-0.3, -0.25) is 0 Å². The fraction of sp³-hybridized carbons (Fsp3) is 0.571. The van der Waals surface area contributed by atoms with Gasteiger partial charge in [-0.25, -0.2) is 0 Å². The predicted molar refractivity (Wildman–Crippen MR) is 68.3 cm³/mol. The van der Waals surface area contributed by atoms with E-state index in [1.54, 1.807) is 0 Å². The van der Waals surface area contributed by atoms with Crippen LogP contribution in [0.1, 0.15) is 25.3 Å². The SMILES string of the molecule is Cc1ccc(OCC(C)(CO)NC2CC2)cc1. The molecule has 3 nitrogen and oxygen atoms in total. The summed E-state index contributed by atoms with van der Waals surface area (Å²) in [6.07, 6.45) is 2.42. The molecule has 0 heterocycles. The molecule has 0 saturated heterocycles. The Balaban J connectivity index is 1.88. The molecular formula is C14H21NO2. The number of hydrogen-bond acceptors (Lipinski definition) is 3. The normalized spacial score (nSPS) is 18.8. The fourth-order valence-electron chi connectivity index (χ4n) is 1.73. The van der Waals surface area contributed by atoms with Crippen LogP contribution in [0, 0.1) is 6.92 Å². The Kier molecular flexibility index (Phi) is 3.69. The van der Waals surface area contributed by atoms with Crippen molar-refractivity contribution >= 4 is 0 Å². The molecule has 1 aromatic rings. The molecule has 1 fully saturated rings. The molecule has 1 saturated carbocycles. The molecule has 1 aliphatic carbocycles. The van der Waals surface area contributed by atoms with E-state index in [0.29, 0.717) is 12.6 Å². The highest BCUT2D eigenvalue weighted by atomic mass is 16.5. The molecule has 2 N–H and O–H groups in total. The van der Waals surface area contributed by atoms with Crippen LogP contribution in [-0.2, 0) is 0 Å². The smallest absolute Gasteiger partial charge is 0.119 e. The number of aryl methyl sites for hydroxylation is 1. The van der Waals surface area contributed by atoms with Crippen molar-refractivity contribution in [3.05, 3.63) is 29.8 Å². The molecule has 2 rings (SSSR count). The summed E-state index contributed by atoms with van der Waals surface area (Å²) < 4.78 is 5.72. The van der Waals surface area contributed by atoms with Gasteiger partial charge in [-0.2, -0.15) is 0 Å². The van der Waals surface area contributed by atoms with E-state index in [9.17, 15) is 5.11 Å². The molecule has 17 heavy (non-hydrogen) atoms. The minimum atomic E-state index is -0.341. The molecule has 0 radical (unpaired) electrons. The first-order valence-corrected chi connectivity index (χ1v) is 6.19. The number of hydrogen-bond donors (Lipinski definition) is 2. The summed E-state index contributed by atoms with van der Waals surface area (Å²) in [5.41, 5.74) is 0.880. The number of rotatable bonds is 6. The molecule has 0 aromatic heterocycles. The van der Waals surface area contributed by atoms with Gasteiger partial charge in [0.2, 0.25) is 0 Å². The van der Waals surface area contributed by atoms with Gasteiger partial charge in [-0.05, 0) is 38.8 Å². The third-order valence-corrected chi connectivity index (χ3v) is 3.06. The topological polar surface area (TPSA) is 41.5 Å². The van der Waals surface area contributed by atoms with Crippen molar-refractivity contribution < 1.29 is 9.84 Å². The molecule has 0 bridgehead atoms. The average molecular weight is 235 g/mol. The third-order valence-electron chi connectivity index (χ3n) is 3.06. The second-order valence-electron chi connectivity index (χ2n) is 5.24. The third kappa shape index (κ3) is 3.72. The Hall–Kier alpha value is -1.06. The maximum Gasteiger partial charge on any atom is 0.119 e. The van der Waals surface area contributed by atoms with E-state index in [0.717, 1.165) is 5.75 Å². The van der Waals surface area contributed by atoms with Gasteiger partial charge >= 0.3 is 0 Å². The van der Waals surface area contributed by atoms with Crippen LogP contribution >= 0.6 is 0 Å². The minimum absolute atomic E-state index is 0.0926. The molecule has 0 spiro atoms. The second-order valence-corrected chi connectivity index (χ2v) is 5.24. The number of ether oxygens (including phenoxy) is 1. The monoisotopic (exact) mass is 235 g/mol. The first-order chi connectivity index (χ1) is 8.11. The van der Waals surface area contributed by atoms with Crippen molar-refractivity contribution in [1.29, 1.82) is 0 Å². The van der Waals surface area contributed by atoms with E-state index in [1.165, 1.54) is 18.4 Å². The standard InChI is InChI=1S/C14H21NO2/c1-11-3-7-13(8-4-11)17-10-14(2,9-16)15-12-5-6-12/h3-4,7-8,12,15-16H,5-6,9-10H2,1-2H3. The highest BCUT2D eigenvalue weighted by molar-refractivity contribution is 5.26.